The standard InChI is InChI=1S/C14H16Cl2O8/c1-22-11-7(16)3-2-6(15)9(11)13(20)23-5-14(21)12(19)10(18)8(17)4-24-14/h2-3,8,10,12,17-19,21H,4-5H2,1H3/t8-,10+,12-,14-/m0/s1. The molecule has 2 rings (SSSR count). The van der Waals surface area contributed by atoms with Gasteiger partial charge < -0.3 is 34.6 Å². The molecular weight excluding hydrogens is 367 g/mol. The number of ether oxygens (including phenoxy) is 3. The molecule has 24 heavy (non-hydrogen) atoms. The van der Waals surface area contributed by atoms with Crippen molar-refractivity contribution in [3.05, 3.63) is 27.7 Å². The zero-order chi connectivity index (χ0) is 18.1. The average molecular weight is 383 g/mol. The van der Waals surface area contributed by atoms with E-state index in [-0.39, 0.29) is 21.4 Å². The summed E-state index contributed by atoms with van der Waals surface area (Å²) in [6.45, 7) is -1.27. The first-order valence-electron chi connectivity index (χ1n) is 6.81. The van der Waals surface area contributed by atoms with Crippen LogP contribution in [0.2, 0.25) is 10.0 Å². The Kier molecular flexibility index (Phi) is 5.92. The fourth-order valence-corrected chi connectivity index (χ4v) is 2.64. The lowest BCUT2D eigenvalue weighted by Gasteiger charge is -2.40. The maximum Gasteiger partial charge on any atom is 0.343 e. The highest BCUT2D eigenvalue weighted by Crippen LogP contribution is 2.34. The van der Waals surface area contributed by atoms with Crippen molar-refractivity contribution in [3.63, 3.8) is 0 Å². The first-order chi connectivity index (χ1) is 11.2. The third-order valence-corrected chi connectivity index (χ3v) is 4.17. The van der Waals surface area contributed by atoms with Crippen molar-refractivity contribution in [2.75, 3.05) is 20.3 Å². The number of methoxy groups -OCH3 is 1. The monoisotopic (exact) mass is 382 g/mol. The van der Waals surface area contributed by atoms with Crippen LogP contribution in [0.1, 0.15) is 10.4 Å². The first kappa shape index (κ1) is 19.2. The van der Waals surface area contributed by atoms with E-state index in [1.165, 1.54) is 19.2 Å². The van der Waals surface area contributed by atoms with Gasteiger partial charge >= 0.3 is 5.97 Å². The third kappa shape index (κ3) is 3.60. The zero-order valence-corrected chi connectivity index (χ0v) is 14.0. The summed E-state index contributed by atoms with van der Waals surface area (Å²) >= 11 is 11.9. The maximum absolute atomic E-state index is 12.2. The molecule has 1 aromatic rings. The number of hydrogen-bond donors (Lipinski definition) is 4. The summed E-state index contributed by atoms with van der Waals surface area (Å²) in [5, 5.41) is 39.1. The second-order valence-electron chi connectivity index (χ2n) is 5.17. The third-order valence-electron chi connectivity index (χ3n) is 3.56. The minimum atomic E-state index is -2.38. The Morgan fingerprint density at radius 2 is 1.96 bits per heavy atom. The highest BCUT2D eigenvalue weighted by Gasteiger charge is 2.49. The Balaban J connectivity index is 2.15. The number of rotatable bonds is 4. The molecule has 0 aliphatic carbocycles. The molecule has 0 amide bonds. The Morgan fingerprint density at radius 3 is 2.58 bits per heavy atom. The summed E-state index contributed by atoms with van der Waals surface area (Å²) in [5.74, 6) is -3.38. The molecule has 0 aromatic heterocycles. The number of carbonyl (C=O) groups is 1. The lowest BCUT2D eigenvalue weighted by atomic mass is 9.97. The molecule has 0 radical (unpaired) electrons. The van der Waals surface area contributed by atoms with E-state index in [0.717, 1.165) is 0 Å². The summed E-state index contributed by atoms with van der Waals surface area (Å²) in [6.07, 6.45) is -4.92. The van der Waals surface area contributed by atoms with Gasteiger partial charge in [0.1, 0.15) is 30.5 Å². The minimum absolute atomic E-state index is 0.00816. The second-order valence-corrected chi connectivity index (χ2v) is 5.99. The van der Waals surface area contributed by atoms with Gasteiger partial charge in [-0.2, -0.15) is 0 Å². The van der Waals surface area contributed by atoms with Crippen LogP contribution in [0.5, 0.6) is 5.75 Å². The van der Waals surface area contributed by atoms with Gasteiger partial charge in [0.2, 0.25) is 5.79 Å². The van der Waals surface area contributed by atoms with Crippen LogP contribution < -0.4 is 4.74 Å². The molecule has 0 bridgehead atoms. The van der Waals surface area contributed by atoms with E-state index in [0.29, 0.717) is 0 Å². The number of benzene rings is 1. The molecule has 1 heterocycles. The number of hydrogen-bond acceptors (Lipinski definition) is 8. The minimum Gasteiger partial charge on any atom is -0.494 e. The van der Waals surface area contributed by atoms with Gasteiger partial charge in [0.05, 0.1) is 23.8 Å². The van der Waals surface area contributed by atoms with Gasteiger partial charge in [-0.25, -0.2) is 4.79 Å². The van der Waals surface area contributed by atoms with E-state index < -0.39 is 43.3 Å². The van der Waals surface area contributed by atoms with Crippen LogP contribution >= 0.6 is 23.2 Å². The lowest BCUT2D eigenvalue weighted by Crippen LogP contribution is -2.63. The summed E-state index contributed by atoms with van der Waals surface area (Å²) in [7, 11) is 1.29. The highest BCUT2D eigenvalue weighted by atomic mass is 35.5. The van der Waals surface area contributed by atoms with E-state index in [2.05, 4.69) is 0 Å². The summed E-state index contributed by atoms with van der Waals surface area (Å²) in [4.78, 5) is 12.2. The first-order valence-corrected chi connectivity index (χ1v) is 7.56. The number of esters is 1. The summed E-state index contributed by atoms with van der Waals surface area (Å²) < 4.78 is 14.8. The average Bonchev–Trinajstić information content (AvgIpc) is 2.56. The van der Waals surface area contributed by atoms with Crippen molar-refractivity contribution >= 4 is 29.2 Å². The van der Waals surface area contributed by atoms with Crippen LogP contribution in [0.15, 0.2) is 12.1 Å². The molecule has 10 heteroatoms. The summed E-state index contributed by atoms with van der Waals surface area (Å²) in [6, 6.07) is 2.79. The van der Waals surface area contributed by atoms with E-state index >= 15 is 0 Å². The van der Waals surface area contributed by atoms with Gasteiger partial charge in [0.15, 0.2) is 5.75 Å². The largest absolute Gasteiger partial charge is 0.494 e. The van der Waals surface area contributed by atoms with E-state index in [4.69, 9.17) is 37.4 Å². The maximum atomic E-state index is 12.2. The number of aliphatic hydroxyl groups excluding tert-OH is 3. The zero-order valence-electron chi connectivity index (χ0n) is 12.5. The Labute approximate surface area is 147 Å². The topological polar surface area (TPSA) is 126 Å². The normalized spacial score (nSPS) is 30.0. The molecule has 8 nitrogen and oxygen atoms in total. The quantitative estimate of drug-likeness (QED) is 0.534. The lowest BCUT2D eigenvalue weighted by molar-refractivity contribution is -0.330. The van der Waals surface area contributed by atoms with Crippen molar-refractivity contribution in [2.24, 2.45) is 0 Å². The molecule has 134 valence electrons. The second kappa shape index (κ2) is 7.40. The number of carbonyl (C=O) groups excluding carboxylic acids is 1. The van der Waals surface area contributed by atoms with Gasteiger partial charge in [-0.3, -0.25) is 0 Å². The molecule has 1 saturated heterocycles. The van der Waals surface area contributed by atoms with Crippen LogP contribution in [0.3, 0.4) is 0 Å². The molecule has 1 aliphatic rings. The van der Waals surface area contributed by atoms with Crippen LogP contribution in [0.4, 0.5) is 0 Å². The predicted octanol–water partition coefficient (Wildman–Crippen LogP) is -0.0397. The highest BCUT2D eigenvalue weighted by molar-refractivity contribution is 6.37. The molecule has 0 spiro atoms. The fraction of sp³-hybridized carbons (Fsp3) is 0.500. The van der Waals surface area contributed by atoms with E-state index in [1.54, 1.807) is 0 Å². The van der Waals surface area contributed by atoms with E-state index in [9.17, 15) is 25.2 Å². The van der Waals surface area contributed by atoms with Crippen molar-refractivity contribution in [2.45, 2.75) is 24.1 Å². The van der Waals surface area contributed by atoms with Crippen molar-refractivity contribution in [1.29, 1.82) is 0 Å². The molecule has 0 unspecified atom stereocenters. The Hall–Kier alpha value is -1.13. The van der Waals surface area contributed by atoms with Crippen LogP contribution in [0, 0.1) is 0 Å². The predicted molar refractivity (Wildman–Crippen MR) is 82.2 cm³/mol. The van der Waals surface area contributed by atoms with Crippen LogP contribution in [-0.4, -0.2) is 70.8 Å². The number of aliphatic hydroxyl groups is 4. The Morgan fingerprint density at radius 1 is 1.33 bits per heavy atom. The smallest absolute Gasteiger partial charge is 0.343 e. The van der Waals surface area contributed by atoms with Crippen molar-refractivity contribution in [1.82, 2.24) is 0 Å². The Bertz CT molecular complexity index is 625. The van der Waals surface area contributed by atoms with Crippen molar-refractivity contribution < 1.29 is 39.4 Å². The van der Waals surface area contributed by atoms with Gasteiger partial charge in [-0.05, 0) is 12.1 Å². The number of halogens is 2. The van der Waals surface area contributed by atoms with Crippen molar-refractivity contribution in [3.8, 4) is 5.75 Å². The fourth-order valence-electron chi connectivity index (χ4n) is 2.18. The molecule has 4 N–H and O–H groups in total. The van der Waals surface area contributed by atoms with Crippen LogP contribution in [0.25, 0.3) is 0 Å². The van der Waals surface area contributed by atoms with Gasteiger partial charge in [-0.1, -0.05) is 23.2 Å². The SMILES string of the molecule is COc1c(Cl)ccc(Cl)c1C(=O)OC[C@]1(O)OC[C@H](O)[C@@H](O)[C@@H]1O. The van der Waals surface area contributed by atoms with Gasteiger partial charge in [-0.15, -0.1) is 0 Å². The molecule has 1 fully saturated rings. The molecular formula is C14H16Cl2O8. The molecule has 4 atom stereocenters. The molecule has 0 saturated carbocycles. The molecule has 1 aromatic carbocycles. The molecule has 1 aliphatic heterocycles. The van der Waals surface area contributed by atoms with Gasteiger partial charge in [0, 0.05) is 0 Å². The van der Waals surface area contributed by atoms with E-state index in [1.807, 2.05) is 0 Å². The van der Waals surface area contributed by atoms with Gasteiger partial charge in [0.25, 0.3) is 0 Å². The summed E-state index contributed by atoms with van der Waals surface area (Å²) in [5.41, 5.74) is -0.166. The van der Waals surface area contributed by atoms with Crippen LogP contribution in [-0.2, 0) is 9.47 Å².